The van der Waals surface area contributed by atoms with Gasteiger partial charge >= 0.3 is 0 Å². The van der Waals surface area contributed by atoms with Crippen molar-refractivity contribution in [3.05, 3.63) is 71.5 Å². The predicted octanol–water partition coefficient (Wildman–Crippen LogP) is 3.34. The van der Waals surface area contributed by atoms with Gasteiger partial charge in [0.2, 0.25) is 5.91 Å². The number of benzene rings is 2. The highest BCUT2D eigenvalue weighted by molar-refractivity contribution is 8.00. The summed E-state index contributed by atoms with van der Waals surface area (Å²) in [7, 11) is 0. The minimum Gasteiger partial charge on any atom is -0.332 e. The van der Waals surface area contributed by atoms with Gasteiger partial charge in [0.05, 0.1) is 17.5 Å². The number of halogens is 2. The van der Waals surface area contributed by atoms with Crippen LogP contribution in [0.25, 0.3) is 0 Å². The van der Waals surface area contributed by atoms with E-state index in [0.29, 0.717) is 25.2 Å². The summed E-state index contributed by atoms with van der Waals surface area (Å²) in [6.45, 7) is 1.89. The molecule has 2 aromatic carbocycles. The van der Waals surface area contributed by atoms with E-state index >= 15 is 0 Å². The summed E-state index contributed by atoms with van der Waals surface area (Å²) >= 11 is 1.32. The second-order valence-electron chi connectivity index (χ2n) is 6.14. The molecule has 0 radical (unpaired) electrons. The first-order valence-corrected chi connectivity index (χ1v) is 9.72. The number of ketones is 1. The second-order valence-corrected chi connectivity index (χ2v) is 7.13. The molecule has 27 heavy (non-hydrogen) atoms. The maximum absolute atomic E-state index is 13.5. The Kier molecular flexibility index (Phi) is 8.28. The van der Waals surface area contributed by atoms with Gasteiger partial charge in [-0.3, -0.25) is 9.59 Å². The van der Waals surface area contributed by atoms with Crippen molar-refractivity contribution in [1.29, 1.82) is 0 Å². The van der Waals surface area contributed by atoms with E-state index in [2.05, 4.69) is 5.32 Å². The molecule has 0 aromatic heterocycles. The molecular weight excluding hydrogens is 387 g/mol. The third kappa shape index (κ3) is 5.79. The van der Waals surface area contributed by atoms with Crippen LogP contribution in [0, 0.1) is 5.82 Å². The van der Waals surface area contributed by atoms with Crippen LogP contribution >= 0.6 is 24.2 Å². The Morgan fingerprint density at radius 3 is 2.63 bits per heavy atom. The first-order valence-electron chi connectivity index (χ1n) is 8.57. The molecule has 0 saturated carbocycles. The fourth-order valence-electron chi connectivity index (χ4n) is 3.04. The van der Waals surface area contributed by atoms with Gasteiger partial charge in [0.1, 0.15) is 5.82 Å². The number of carbonyl (C=O) groups is 2. The fraction of sp³-hybridized carbons (Fsp3) is 0.300. The maximum atomic E-state index is 13.5. The van der Waals surface area contributed by atoms with Crippen LogP contribution in [0.1, 0.15) is 22.0 Å². The molecule has 0 spiro atoms. The second kappa shape index (κ2) is 10.4. The lowest BCUT2D eigenvalue weighted by Crippen LogP contribution is -2.49. The summed E-state index contributed by atoms with van der Waals surface area (Å²) < 4.78 is 13.5. The number of hydrogen-bond donors (Lipinski definition) is 1. The van der Waals surface area contributed by atoms with E-state index in [1.165, 1.54) is 23.9 Å². The van der Waals surface area contributed by atoms with Gasteiger partial charge in [-0.1, -0.05) is 42.5 Å². The Hall–Kier alpha value is -1.89. The van der Waals surface area contributed by atoms with Gasteiger partial charge in [0.15, 0.2) is 5.78 Å². The zero-order valence-electron chi connectivity index (χ0n) is 14.8. The number of thioether (sulfide) groups is 1. The SMILES string of the molecule is Cl.O=C(CSCC(=O)N1CCNCC1c1cccc(F)c1)c1ccccc1. The first-order chi connectivity index (χ1) is 12.6. The summed E-state index contributed by atoms with van der Waals surface area (Å²) in [4.78, 5) is 26.6. The molecule has 3 rings (SSSR count). The fourth-order valence-corrected chi connectivity index (χ4v) is 3.83. The highest BCUT2D eigenvalue weighted by Gasteiger charge is 2.28. The number of rotatable bonds is 6. The number of carbonyl (C=O) groups excluding carboxylic acids is 2. The zero-order chi connectivity index (χ0) is 18.4. The number of nitrogens with one attached hydrogen (secondary N) is 1. The van der Waals surface area contributed by atoms with E-state index < -0.39 is 0 Å². The van der Waals surface area contributed by atoms with Crippen LogP contribution in [-0.2, 0) is 4.79 Å². The molecule has 1 unspecified atom stereocenters. The topological polar surface area (TPSA) is 49.4 Å². The first kappa shape index (κ1) is 21.4. The molecule has 2 aromatic rings. The van der Waals surface area contributed by atoms with E-state index in [4.69, 9.17) is 0 Å². The van der Waals surface area contributed by atoms with Crippen LogP contribution in [0.5, 0.6) is 0 Å². The van der Waals surface area contributed by atoms with Gasteiger partial charge in [-0.2, -0.15) is 0 Å². The van der Waals surface area contributed by atoms with Crippen molar-refractivity contribution in [2.24, 2.45) is 0 Å². The molecule has 4 nitrogen and oxygen atoms in total. The monoisotopic (exact) mass is 408 g/mol. The molecule has 1 aliphatic heterocycles. The lowest BCUT2D eigenvalue weighted by Gasteiger charge is -2.36. The summed E-state index contributed by atoms with van der Waals surface area (Å²) in [6, 6.07) is 15.3. The van der Waals surface area contributed by atoms with Crippen molar-refractivity contribution in [3.8, 4) is 0 Å². The molecule has 0 aliphatic carbocycles. The Morgan fingerprint density at radius 2 is 1.89 bits per heavy atom. The largest absolute Gasteiger partial charge is 0.332 e. The summed E-state index contributed by atoms with van der Waals surface area (Å²) in [6.07, 6.45) is 0. The van der Waals surface area contributed by atoms with E-state index in [9.17, 15) is 14.0 Å². The van der Waals surface area contributed by atoms with E-state index in [0.717, 1.165) is 5.56 Å². The van der Waals surface area contributed by atoms with Crippen molar-refractivity contribution in [3.63, 3.8) is 0 Å². The predicted molar refractivity (Wildman–Crippen MR) is 109 cm³/mol. The molecule has 0 bridgehead atoms. The molecular formula is C20H22ClFN2O2S. The molecule has 1 fully saturated rings. The molecule has 1 saturated heterocycles. The molecule has 1 heterocycles. The van der Waals surface area contributed by atoms with Crippen molar-refractivity contribution in [2.75, 3.05) is 31.1 Å². The van der Waals surface area contributed by atoms with E-state index in [-0.39, 0.29) is 47.5 Å². The van der Waals surface area contributed by atoms with Gasteiger partial charge in [-0.15, -0.1) is 24.2 Å². The number of Topliss-reactive ketones (excluding diaryl/α,β-unsaturated/α-hetero) is 1. The van der Waals surface area contributed by atoms with Crippen LogP contribution in [0.2, 0.25) is 0 Å². The minimum absolute atomic E-state index is 0. The quantitative estimate of drug-likeness (QED) is 0.745. The Morgan fingerprint density at radius 1 is 1.11 bits per heavy atom. The Labute approximate surface area is 168 Å². The Balaban J connectivity index is 0.00000261. The van der Waals surface area contributed by atoms with Gasteiger partial charge in [0, 0.05) is 25.2 Å². The molecule has 1 N–H and O–H groups in total. The lowest BCUT2D eigenvalue weighted by atomic mass is 10.0. The van der Waals surface area contributed by atoms with Gasteiger partial charge in [0.25, 0.3) is 0 Å². The summed E-state index contributed by atoms with van der Waals surface area (Å²) in [5, 5.41) is 3.26. The normalized spacial score (nSPS) is 16.5. The average Bonchev–Trinajstić information content (AvgIpc) is 2.68. The van der Waals surface area contributed by atoms with Crippen molar-refractivity contribution in [1.82, 2.24) is 10.2 Å². The molecule has 144 valence electrons. The summed E-state index contributed by atoms with van der Waals surface area (Å²) in [5.74, 6) is 0.206. The lowest BCUT2D eigenvalue weighted by molar-refractivity contribution is -0.131. The van der Waals surface area contributed by atoms with Crippen LogP contribution in [-0.4, -0.2) is 47.7 Å². The number of nitrogens with zero attached hydrogens (tertiary/aromatic N) is 1. The Bertz CT molecular complexity index is 776. The minimum atomic E-state index is -0.302. The third-order valence-electron chi connectivity index (χ3n) is 4.35. The van der Waals surface area contributed by atoms with Gasteiger partial charge < -0.3 is 10.2 Å². The maximum Gasteiger partial charge on any atom is 0.233 e. The van der Waals surface area contributed by atoms with E-state index in [1.54, 1.807) is 23.1 Å². The average molecular weight is 409 g/mol. The van der Waals surface area contributed by atoms with Crippen LogP contribution in [0.3, 0.4) is 0 Å². The number of piperazine rings is 1. The van der Waals surface area contributed by atoms with Crippen molar-refractivity contribution in [2.45, 2.75) is 6.04 Å². The highest BCUT2D eigenvalue weighted by Crippen LogP contribution is 2.24. The van der Waals surface area contributed by atoms with E-state index in [1.807, 2.05) is 24.3 Å². The number of hydrogen-bond acceptors (Lipinski definition) is 4. The van der Waals surface area contributed by atoms with Crippen molar-refractivity contribution >= 4 is 35.9 Å². The molecule has 1 atom stereocenters. The van der Waals surface area contributed by atoms with Gasteiger partial charge in [-0.05, 0) is 17.7 Å². The molecule has 7 heteroatoms. The number of amides is 1. The zero-order valence-corrected chi connectivity index (χ0v) is 16.4. The van der Waals surface area contributed by atoms with Crippen molar-refractivity contribution < 1.29 is 14.0 Å². The van der Waals surface area contributed by atoms with Crippen LogP contribution < -0.4 is 5.32 Å². The van der Waals surface area contributed by atoms with Crippen LogP contribution in [0.15, 0.2) is 54.6 Å². The highest BCUT2D eigenvalue weighted by atomic mass is 35.5. The molecule has 1 aliphatic rings. The van der Waals surface area contributed by atoms with Gasteiger partial charge in [-0.25, -0.2) is 4.39 Å². The van der Waals surface area contributed by atoms with Crippen LogP contribution in [0.4, 0.5) is 4.39 Å². The third-order valence-corrected chi connectivity index (χ3v) is 5.27. The molecule has 1 amide bonds. The standard InChI is InChI=1S/C20H21FN2O2S.ClH/c21-17-8-4-7-16(11-17)18-12-22-9-10-23(18)20(25)14-26-13-19(24)15-5-2-1-3-6-15;/h1-8,11,18,22H,9-10,12-14H2;1H. The summed E-state index contributed by atoms with van der Waals surface area (Å²) in [5.41, 5.74) is 1.45. The smallest absolute Gasteiger partial charge is 0.233 e.